The fraction of sp³-hybridized carbons (Fsp3) is 0.882. The summed E-state index contributed by atoms with van der Waals surface area (Å²) < 4.78 is 5.02. The SMILES string of the molecule is CCOC(=O)N1CCCC(C(=O)NCCCC2CCCC2)C1. The second-order valence-corrected chi connectivity index (χ2v) is 6.57. The first-order chi connectivity index (χ1) is 10.7. The summed E-state index contributed by atoms with van der Waals surface area (Å²) in [6, 6.07) is 0. The number of nitrogens with one attached hydrogen (secondary N) is 1. The third kappa shape index (κ3) is 5.18. The maximum absolute atomic E-state index is 12.2. The van der Waals surface area contributed by atoms with E-state index in [1.165, 1.54) is 32.1 Å². The molecule has 1 saturated heterocycles. The Balaban J connectivity index is 1.64. The lowest BCUT2D eigenvalue weighted by Gasteiger charge is -2.31. The predicted octanol–water partition coefficient (Wildman–Crippen LogP) is 2.94. The molecule has 2 rings (SSSR count). The highest BCUT2D eigenvalue weighted by atomic mass is 16.6. The van der Waals surface area contributed by atoms with Gasteiger partial charge in [0.1, 0.15) is 0 Å². The zero-order valence-electron chi connectivity index (χ0n) is 13.8. The van der Waals surface area contributed by atoms with E-state index >= 15 is 0 Å². The molecule has 1 saturated carbocycles. The van der Waals surface area contributed by atoms with Crippen LogP contribution in [-0.4, -0.2) is 43.1 Å². The minimum absolute atomic E-state index is 0.0790. The Bertz CT molecular complexity index is 367. The monoisotopic (exact) mass is 310 g/mol. The van der Waals surface area contributed by atoms with E-state index in [4.69, 9.17) is 4.74 Å². The number of hydrogen-bond donors (Lipinski definition) is 1. The molecule has 0 aromatic heterocycles. The lowest BCUT2D eigenvalue weighted by atomic mass is 9.97. The summed E-state index contributed by atoms with van der Waals surface area (Å²) in [6.45, 7) is 4.15. The number of amides is 2. The van der Waals surface area contributed by atoms with Crippen LogP contribution >= 0.6 is 0 Å². The molecule has 1 atom stereocenters. The Hall–Kier alpha value is -1.26. The van der Waals surface area contributed by atoms with Crippen LogP contribution < -0.4 is 5.32 Å². The molecular weight excluding hydrogens is 280 g/mol. The van der Waals surface area contributed by atoms with E-state index in [1.807, 2.05) is 0 Å². The number of nitrogens with zero attached hydrogens (tertiary/aromatic N) is 1. The second kappa shape index (κ2) is 9.01. The van der Waals surface area contributed by atoms with E-state index < -0.39 is 0 Å². The molecule has 5 heteroatoms. The Morgan fingerprint density at radius 3 is 2.68 bits per heavy atom. The number of hydrogen-bond acceptors (Lipinski definition) is 3. The highest BCUT2D eigenvalue weighted by Crippen LogP contribution is 2.28. The van der Waals surface area contributed by atoms with Crippen molar-refractivity contribution in [1.82, 2.24) is 10.2 Å². The van der Waals surface area contributed by atoms with Gasteiger partial charge in [-0.1, -0.05) is 25.7 Å². The zero-order valence-corrected chi connectivity index (χ0v) is 13.8. The van der Waals surface area contributed by atoms with Gasteiger partial charge in [-0.15, -0.1) is 0 Å². The number of likely N-dealkylation sites (tertiary alicyclic amines) is 1. The Kier molecular flexibility index (Phi) is 7.00. The van der Waals surface area contributed by atoms with Crippen LogP contribution in [0, 0.1) is 11.8 Å². The highest BCUT2D eigenvalue weighted by Gasteiger charge is 2.28. The molecule has 2 aliphatic rings. The Morgan fingerprint density at radius 2 is 1.95 bits per heavy atom. The van der Waals surface area contributed by atoms with Gasteiger partial charge in [-0.3, -0.25) is 4.79 Å². The number of ether oxygens (including phenoxy) is 1. The van der Waals surface area contributed by atoms with E-state index in [9.17, 15) is 9.59 Å². The zero-order chi connectivity index (χ0) is 15.8. The molecule has 126 valence electrons. The number of carbonyl (C=O) groups excluding carboxylic acids is 2. The average Bonchev–Trinajstić information content (AvgIpc) is 3.05. The fourth-order valence-electron chi connectivity index (χ4n) is 3.62. The maximum Gasteiger partial charge on any atom is 0.409 e. The van der Waals surface area contributed by atoms with Crippen LogP contribution in [0.25, 0.3) is 0 Å². The van der Waals surface area contributed by atoms with Crippen LogP contribution in [0.15, 0.2) is 0 Å². The van der Waals surface area contributed by atoms with Crippen molar-refractivity contribution in [3.8, 4) is 0 Å². The lowest BCUT2D eigenvalue weighted by Crippen LogP contribution is -2.45. The first-order valence-corrected chi connectivity index (χ1v) is 8.90. The molecule has 1 aliphatic carbocycles. The molecule has 22 heavy (non-hydrogen) atoms. The normalized spacial score (nSPS) is 22.6. The molecule has 5 nitrogen and oxygen atoms in total. The second-order valence-electron chi connectivity index (χ2n) is 6.57. The van der Waals surface area contributed by atoms with Crippen molar-refractivity contribution in [2.75, 3.05) is 26.2 Å². The standard InChI is InChI=1S/C17H30N2O3/c1-2-22-17(21)19-12-6-10-15(13-19)16(20)18-11-5-9-14-7-3-4-8-14/h14-15H,2-13H2,1H3,(H,18,20). The summed E-state index contributed by atoms with van der Waals surface area (Å²) in [5.41, 5.74) is 0. The van der Waals surface area contributed by atoms with Crippen LogP contribution in [0.1, 0.15) is 58.3 Å². The van der Waals surface area contributed by atoms with Gasteiger partial charge in [-0.05, 0) is 38.5 Å². The third-order valence-electron chi connectivity index (χ3n) is 4.88. The lowest BCUT2D eigenvalue weighted by molar-refractivity contribution is -0.126. The summed E-state index contributed by atoms with van der Waals surface area (Å²) in [6.07, 6.45) is 9.25. The average molecular weight is 310 g/mol. The molecule has 1 aliphatic heterocycles. The van der Waals surface area contributed by atoms with E-state index in [1.54, 1.807) is 11.8 Å². The van der Waals surface area contributed by atoms with Gasteiger partial charge in [0.2, 0.25) is 5.91 Å². The van der Waals surface area contributed by atoms with Gasteiger partial charge in [-0.2, -0.15) is 0 Å². The maximum atomic E-state index is 12.2. The molecule has 1 N–H and O–H groups in total. The Labute approximate surface area is 133 Å². The van der Waals surface area contributed by atoms with Crippen molar-refractivity contribution < 1.29 is 14.3 Å². The van der Waals surface area contributed by atoms with Crippen molar-refractivity contribution in [2.45, 2.75) is 58.3 Å². The number of piperidine rings is 1. The smallest absolute Gasteiger partial charge is 0.409 e. The summed E-state index contributed by atoms with van der Waals surface area (Å²) >= 11 is 0. The minimum Gasteiger partial charge on any atom is -0.450 e. The van der Waals surface area contributed by atoms with Crippen molar-refractivity contribution in [3.63, 3.8) is 0 Å². The van der Waals surface area contributed by atoms with Gasteiger partial charge in [0.05, 0.1) is 12.5 Å². The quantitative estimate of drug-likeness (QED) is 0.767. The van der Waals surface area contributed by atoms with Gasteiger partial charge in [0, 0.05) is 19.6 Å². The fourth-order valence-corrected chi connectivity index (χ4v) is 3.62. The molecule has 0 bridgehead atoms. The first-order valence-electron chi connectivity index (χ1n) is 8.90. The van der Waals surface area contributed by atoms with E-state index in [-0.39, 0.29) is 17.9 Å². The molecule has 0 radical (unpaired) electrons. The minimum atomic E-state index is -0.291. The molecule has 0 spiro atoms. The summed E-state index contributed by atoms with van der Waals surface area (Å²) in [4.78, 5) is 25.6. The van der Waals surface area contributed by atoms with Gasteiger partial charge in [-0.25, -0.2) is 4.79 Å². The topological polar surface area (TPSA) is 58.6 Å². The van der Waals surface area contributed by atoms with Crippen molar-refractivity contribution >= 4 is 12.0 Å². The predicted molar refractivity (Wildman–Crippen MR) is 85.5 cm³/mol. The van der Waals surface area contributed by atoms with E-state index in [0.29, 0.717) is 19.7 Å². The van der Waals surface area contributed by atoms with Crippen LogP contribution in [0.4, 0.5) is 4.79 Å². The molecule has 2 fully saturated rings. The molecule has 1 unspecified atom stereocenters. The molecule has 0 aromatic rings. The molecule has 2 amide bonds. The van der Waals surface area contributed by atoms with Crippen LogP contribution in [-0.2, 0) is 9.53 Å². The van der Waals surface area contributed by atoms with Crippen molar-refractivity contribution in [3.05, 3.63) is 0 Å². The van der Waals surface area contributed by atoms with Gasteiger partial charge >= 0.3 is 6.09 Å². The number of carbonyl (C=O) groups is 2. The highest BCUT2D eigenvalue weighted by molar-refractivity contribution is 5.79. The van der Waals surface area contributed by atoms with Gasteiger partial charge < -0.3 is 15.0 Å². The Morgan fingerprint density at radius 1 is 1.18 bits per heavy atom. The number of rotatable bonds is 6. The summed E-state index contributed by atoms with van der Waals surface area (Å²) in [5, 5.41) is 3.05. The molecule has 0 aromatic carbocycles. The first kappa shape index (κ1) is 17.1. The molecule has 1 heterocycles. The van der Waals surface area contributed by atoms with E-state index in [0.717, 1.165) is 31.7 Å². The van der Waals surface area contributed by atoms with Gasteiger partial charge in [0.15, 0.2) is 0 Å². The summed E-state index contributed by atoms with van der Waals surface area (Å²) in [5.74, 6) is 0.899. The van der Waals surface area contributed by atoms with E-state index in [2.05, 4.69) is 5.32 Å². The molecular formula is C17H30N2O3. The van der Waals surface area contributed by atoms with Crippen LogP contribution in [0.5, 0.6) is 0 Å². The third-order valence-corrected chi connectivity index (χ3v) is 4.88. The van der Waals surface area contributed by atoms with Crippen molar-refractivity contribution in [1.29, 1.82) is 0 Å². The summed E-state index contributed by atoms with van der Waals surface area (Å²) in [7, 11) is 0. The van der Waals surface area contributed by atoms with Crippen molar-refractivity contribution in [2.24, 2.45) is 11.8 Å². The van der Waals surface area contributed by atoms with Crippen LogP contribution in [0.3, 0.4) is 0 Å². The van der Waals surface area contributed by atoms with Gasteiger partial charge in [0.25, 0.3) is 0 Å². The largest absolute Gasteiger partial charge is 0.450 e. The van der Waals surface area contributed by atoms with Crippen LogP contribution in [0.2, 0.25) is 0 Å².